The van der Waals surface area contributed by atoms with Crippen LogP contribution >= 0.6 is 0 Å². The summed E-state index contributed by atoms with van der Waals surface area (Å²) in [6.45, 7) is 12.4. The summed E-state index contributed by atoms with van der Waals surface area (Å²) in [5.41, 5.74) is 1.43. The van der Waals surface area contributed by atoms with E-state index in [4.69, 9.17) is 9.47 Å². The van der Waals surface area contributed by atoms with Crippen molar-refractivity contribution in [1.29, 1.82) is 0 Å². The van der Waals surface area contributed by atoms with Crippen LogP contribution in [0.5, 0.6) is 5.75 Å². The molecule has 0 aliphatic carbocycles. The minimum atomic E-state index is -0.462. The first kappa shape index (κ1) is 19.2. The van der Waals surface area contributed by atoms with Gasteiger partial charge in [-0.15, -0.1) is 0 Å². The Morgan fingerprint density at radius 2 is 1.79 bits per heavy atom. The van der Waals surface area contributed by atoms with E-state index in [0.717, 1.165) is 38.3 Å². The van der Waals surface area contributed by atoms with Gasteiger partial charge in [-0.2, -0.15) is 0 Å². The molecule has 1 aromatic rings. The summed E-state index contributed by atoms with van der Waals surface area (Å²) >= 11 is 0. The van der Waals surface area contributed by atoms with Crippen LogP contribution in [0.15, 0.2) is 24.3 Å². The zero-order valence-corrected chi connectivity index (χ0v) is 15.6. The maximum absolute atomic E-state index is 10.2. The van der Waals surface area contributed by atoms with E-state index in [2.05, 4.69) is 37.8 Å². The van der Waals surface area contributed by atoms with E-state index in [-0.39, 0.29) is 5.41 Å². The molecule has 4 heteroatoms. The Labute approximate surface area is 146 Å². The molecule has 2 rings (SSSR count). The number of β-amino-alcohol motifs (C(OH)–C–C–N with tert-alkyl or cyclic N) is 1. The Balaban J connectivity index is 1.71. The monoisotopic (exact) mass is 335 g/mol. The van der Waals surface area contributed by atoms with E-state index in [1.165, 1.54) is 5.56 Å². The molecule has 1 saturated heterocycles. The van der Waals surface area contributed by atoms with Crippen LogP contribution in [0.3, 0.4) is 0 Å². The molecule has 24 heavy (non-hydrogen) atoms. The Hall–Kier alpha value is -1.10. The van der Waals surface area contributed by atoms with Crippen LogP contribution in [0.2, 0.25) is 0 Å². The molecule has 1 N–H and O–H groups in total. The number of piperidine rings is 1. The van der Waals surface area contributed by atoms with Crippen LogP contribution in [-0.2, 0) is 10.2 Å². The van der Waals surface area contributed by atoms with Gasteiger partial charge in [-0.3, -0.25) is 0 Å². The van der Waals surface area contributed by atoms with Crippen molar-refractivity contribution in [2.75, 3.05) is 32.8 Å². The van der Waals surface area contributed by atoms with Gasteiger partial charge in [0.1, 0.15) is 18.5 Å². The van der Waals surface area contributed by atoms with Gasteiger partial charge in [-0.05, 0) is 42.9 Å². The zero-order chi connectivity index (χ0) is 17.6. The molecule has 0 amide bonds. The minimum Gasteiger partial charge on any atom is -0.491 e. The van der Waals surface area contributed by atoms with Crippen LogP contribution in [0.4, 0.5) is 0 Å². The molecule has 1 aliphatic rings. The molecule has 136 valence electrons. The lowest BCUT2D eigenvalue weighted by Crippen LogP contribution is -2.42. The van der Waals surface area contributed by atoms with Gasteiger partial charge in [0.05, 0.1) is 6.10 Å². The van der Waals surface area contributed by atoms with E-state index in [0.29, 0.717) is 19.3 Å². The van der Waals surface area contributed by atoms with Gasteiger partial charge in [0.15, 0.2) is 0 Å². The summed E-state index contributed by atoms with van der Waals surface area (Å²) in [4.78, 5) is 2.30. The summed E-state index contributed by atoms with van der Waals surface area (Å²) in [7, 11) is 0. The van der Waals surface area contributed by atoms with Gasteiger partial charge >= 0.3 is 0 Å². The van der Waals surface area contributed by atoms with Crippen LogP contribution in [-0.4, -0.2) is 55.1 Å². The van der Waals surface area contributed by atoms with Crippen molar-refractivity contribution in [1.82, 2.24) is 4.90 Å². The van der Waals surface area contributed by atoms with Crippen molar-refractivity contribution in [2.24, 2.45) is 0 Å². The van der Waals surface area contributed by atoms with Gasteiger partial charge in [-0.1, -0.05) is 32.9 Å². The number of aliphatic hydroxyl groups excluding tert-OH is 1. The average molecular weight is 335 g/mol. The highest BCUT2D eigenvalue weighted by molar-refractivity contribution is 5.31. The summed E-state index contributed by atoms with van der Waals surface area (Å²) < 4.78 is 11.4. The van der Waals surface area contributed by atoms with Gasteiger partial charge in [-0.25, -0.2) is 0 Å². The third-order valence-electron chi connectivity index (χ3n) is 4.57. The second-order valence-electron chi connectivity index (χ2n) is 7.69. The van der Waals surface area contributed by atoms with Gasteiger partial charge in [0.2, 0.25) is 0 Å². The quantitative estimate of drug-likeness (QED) is 0.831. The topological polar surface area (TPSA) is 41.9 Å². The third kappa shape index (κ3) is 6.08. The Kier molecular flexibility index (Phi) is 7.08. The largest absolute Gasteiger partial charge is 0.491 e. The number of rotatable bonds is 7. The fraction of sp³-hybridized carbons (Fsp3) is 0.700. The van der Waals surface area contributed by atoms with Crippen LogP contribution in [0.25, 0.3) is 0 Å². The molecule has 1 heterocycles. The molecule has 0 radical (unpaired) electrons. The predicted octanol–water partition coefficient (Wildman–Crippen LogP) is 3.22. The number of benzene rings is 1. The van der Waals surface area contributed by atoms with Crippen molar-refractivity contribution in [3.63, 3.8) is 0 Å². The number of hydrogen-bond donors (Lipinski definition) is 1. The lowest BCUT2D eigenvalue weighted by molar-refractivity contribution is -0.00185. The number of ether oxygens (including phenoxy) is 2. The molecule has 1 atom stereocenters. The summed E-state index contributed by atoms with van der Waals surface area (Å²) in [6.07, 6.45) is 2.03. The normalized spacial score (nSPS) is 18.5. The number of likely N-dealkylation sites (tertiary alicyclic amines) is 1. The van der Waals surface area contributed by atoms with Crippen LogP contribution in [0.1, 0.15) is 46.1 Å². The maximum Gasteiger partial charge on any atom is 0.119 e. The molecular weight excluding hydrogens is 302 g/mol. The minimum absolute atomic E-state index is 0.144. The zero-order valence-electron chi connectivity index (χ0n) is 15.6. The van der Waals surface area contributed by atoms with E-state index < -0.39 is 6.10 Å². The first-order chi connectivity index (χ1) is 11.4. The van der Waals surface area contributed by atoms with Crippen molar-refractivity contribution < 1.29 is 14.6 Å². The third-order valence-corrected chi connectivity index (χ3v) is 4.57. The van der Waals surface area contributed by atoms with Crippen molar-refractivity contribution >= 4 is 0 Å². The molecule has 1 unspecified atom stereocenters. The SMILES string of the molecule is CCOC1CCN(CC(O)COc2ccc(C(C)(C)C)cc2)CC1. The van der Waals surface area contributed by atoms with E-state index in [1.807, 2.05) is 19.1 Å². The van der Waals surface area contributed by atoms with E-state index >= 15 is 0 Å². The van der Waals surface area contributed by atoms with E-state index in [9.17, 15) is 5.11 Å². The molecule has 0 aromatic heterocycles. The fourth-order valence-electron chi connectivity index (χ4n) is 3.09. The maximum atomic E-state index is 10.2. The number of hydrogen-bond acceptors (Lipinski definition) is 4. The highest BCUT2D eigenvalue weighted by Gasteiger charge is 2.21. The van der Waals surface area contributed by atoms with Crippen LogP contribution in [0, 0.1) is 0 Å². The smallest absolute Gasteiger partial charge is 0.119 e. The van der Waals surface area contributed by atoms with Gasteiger partial charge < -0.3 is 19.5 Å². The predicted molar refractivity (Wildman–Crippen MR) is 97.7 cm³/mol. The lowest BCUT2D eigenvalue weighted by atomic mass is 9.87. The second kappa shape index (κ2) is 8.84. The Morgan fingerprint density at radius 3 is 2.33 bits per heavy atom. The average Bonchev–Trinajstić information content (AvgIpc) is 2.55. The Bertz CT molecular complexity index is 473. The standard InChI is InChI=1S/C20H33NO3/c1-5-23-19-10-12-21(13-11-19)14-17(22)15-24-18-8-6-16(7-9-18)20(2,3)4/h6-9,17,19,22H,5,10-15H2,1-4H3. The Morgan fingerprint density at radius 1 is 1.17 bits per heavy atom. The molecule has 1 fully saturated rings. The summed E-state index contributed by atoms with van der Waals surface area (Å²) in [5, 5.41) is 10.2. The highest BCUT2D eigenvalue weighted by atomic mass is 16.5. The summed E-state index contributed by atoms with van der Waals surface area (Å²) in [6, 6.07) is 8.17. The molecule has 4 nitrogen and oxygen atoms in total. The van der Waals surface area contributed by atoms with Crippen molar-refractivity contribution in [2.45, 2.75) is 58.2 Å². The first-order valence-electron chi connectivity index (χ1n) is 9.14. The fourth-order valence-corrected chi connectivity index (χ4v) is 3.09. The highest BCUT2D eigenvalue weighted by Crippen LogP contribution is 2.24. The number of aliphatic hydroxyl groups is 1. The van der Waals surface area contributed by atoms with Gasteiger partial charge in [0.25, 0.3) is 0 Å². The molecule has 1 aliphatic heterocycles. The van der Waals surface area contributed by atoms with Crippen LogP contribution < -0.4 is 4.74 Å². The molecular formula is C20H33NO3. The second-order valence-corrected chi connectivity index (χ2v) is 7.69. The van der Waals surface area contributed by atoms with E-state index in [1.54, 1.807) is 0 Å². The number of nitrogens with zero attached hydrogens (tertiary/aromatic N) is 1. The molecule has 1 aromatic carbocycles. The molecule has 0 bridgehead atoms. The summed E-state index contributed by atoms with van der Waals surface area (Å²) in [5.74, 6) is 0.817. The first-order valence-corrected chi connectivity index (χ1v) is 9.14. The molecule has 0 saturated carbocycles. The lowest BCUT2D eigenvalue weighted by Gasteiger charge is -2.32. The van der Waals surface area contributed by atoms with Gasteiger partial charge in [0, 0.05) is 26.2 Å². The van der Waals surface area contributed by atoms with Crippen molar-refractivity contribution in [3.8, 4) is 5.75 Å². The molecule has 0 spiro atoms. The van der Waals surface area contributed by atoms with Crippen molar-refractivity contribution in [3.05, 3.63) is 29.8 Å².